The second-order valence-electron chi connectivity index (χ2n) is 4.95. The van der Waals surface area contributed by atoms with E-state index >= 15 is 0 Å². The maximum atomic E-state index is 11.7. The Balaban J connectivity index is 2.48. The van der Waals surface area contributed by atoms with E-state index in [2.05, 4.69) is 10.6 Å². The summed E-state index contributed by atoms with van der Waals surface area (Å²) in [5.41, 5.74) is 0. The minimum Gasteiger partial charge on any atom is -0.356 e. The van der Waals surface area contributed by atoms with Crippen LogP contribution in [0.3, 0.4) is 0 Å². The number of hydrogen-bond donors (Lipinski definition) is 2. The largest absolute Gasteiger partial charge is 0.356 e. The Bertz CT molecular complexity index is 406. The molecule has 1 heterocycles. The highest BCUT2D eigenvalue weighted by Gasteiger charge is 2.37. The van der Waals surface area contributed by atoms with Crippen LogP contribution in [0.15, 0.2) is 0 Å². The molecule has 5 amide bonds. The highest BCUT2D eigenvalue weighted by atomic mass is 16.2. The van der Waals surface area contributed by atoms with E-state index in [9.17, 15) is 19.2 Å². The molecular formula is C12H19N3O4. The van der Waals surface area contributed by atoms with Gasteiger partial charge in [-0.05, 0) is 12.8 Å². The fraction of sp³-hybridized carbons (Fsp3) is 0.667. The van der Waals surface area contributed by atoms with Gasteiger partial charge in [-0.2, -0.15) is 0 Å². The molecule has 0 saturated carbocycles. The molecule has 7 heteroatoms. The summed E-state index contributed by atoms with van der Waals surface area (Å²) in [5, 5.41) is 4.77. The van der Waals surface area contributed by atoms with Gasteiger partial charge in [-0.15, -0.1) is 0 Å². The lowest BCUT2D eigenvalue weighted by atomic mass is 10.1. The molecule has 1 rings (SSSR count). The number of nitrogens with one attached hydrogen (secondary N) is 2. The Morgan fingerprint density at radius 2 is 2.00 bits per heavy atom. The van der Waals surface area contributed by atoms with E-state index in [-0.39, 0.29) is 18.9 Å². The van der Waals surface area contributed by atoms with Gasteiger partial charge in [-0.3, -0.25) is 24.6 Å². The minimum absolute atomic E-state index is 0.0216. The van der Waals surface area contributed by atoms with E-state index in [4.69, 9.17) is 0 Å². The first-order valence-corrected chi connectivity index (χ1v) is 6.25. The monoisotopic (exact) mass is 269 g/mol. The maximum absolute atomic E-state index is 11.7. The molecule has 0 radical (unpaired) electrons. The van der Waals surface area contributed by atoms with Gasteiger partial charge in [0.25, 0.3) is 0 Å². The Kier molecular flexibility index (Phi) is 5.02. The first kappa shape index (κ1) is 15.1. The van der Waals surface area contributed by atoms with E-state index in [1.807, 2.05) is 13.8 Å². The summed E-state index contributed by atoms with van der Waals surface area (Å²) in [6, 6.07) is -0.759. The minimum atomic E-state index is -0.892. The van der Waals surface area contributed by atoms with Crippen LogP contribution in [0.25, 0.3) is 0 Å². The van der Waals surface area contributed by atoms with Gasteiger partial charge in [0.05, 0.1) is 0 Å². The lowest BCUT2D eigenvalue weighted by molar-refractivity contribution is -0.141. The topological polar surface area (TPSA) is 95.6 Å². The van der Waals surface area contributed by atoms with E-state index < -0.39 is 23.8 Å². The van der Waals surface area contributed by atoms with Gasteiger partial charge in [0, 0.05) is 19.5 Å². The van der Waals surface area contributed by atoms with E-state index in [0.29, 0.717) is 12.5 Å². The number of carbonyl (C=O) groups excluding carboxylic acids is 4. The first-order chi connectivity index (χ1) is 8.82. The third-order valence-electron chi connectivity index (χ3n) is 2.77. The van der Waals surface area contributed by atoms with Crippen molar-refractivity contribution >= 4 is 23.8 Å². The highest BCUT2D eigenvalue weighted by molar-refractivity contribution is 6.15. The van der Waals surface area contributed by atoms with Crippen LogP contribution in [-0.4, -0.2) is 41.7 Å². The number of carbonyl (C=O) groups is 4. The molecule has 1 fully saturated rings. The van der Waals surface area contributed by atoms with Crippen LogP contribution in [0.5, 0.6) is 0 Å². The van der Waals surface area contributed by atoms with Crippen molar-refractivity contribution in [3.63, 3.8) is 0 Å². The summed E-state index contributed by atoms with van der Waals surface area (Å²) in [7, 11) is 0. The zero-order valence-electron chi connectivity index (χ0n) is 11.4. The van der Waals surface area contributed by atoms with Crippen molar-refractivity contribution in [2.24, 2.45) is 11.8 Å². The molecule has 19 heavy (non-hydrogen) atoms. The summed E-state index contributed by atoms with van der Waals surface area (Å²) in [4.78, 5) is 46.8. The second kappa shape index (κ2) is 6.31. The molecule has 0 bridgehead atoms. The lowest BCUT2D eigenvalue weighted by Gasteiger charge is -2.28. The first-order valence-electron chi connectivity index (χ1n) is 6.25. The Labute approximate surface area is 111 Å². The number of rotatable bonds is 5. The number of nitrogens with zero attached hydrogens (tertiary/aromatic N) is 1. The van der Waals surface area contributed by atoms with Gasteiger partial charge >= 0.3 is 6.03 Å². The van der Waals surface area contributed by atoms with Crippen molar-refractivity contribution in [2.45, 2.75) is 27.2 Å². The molecule has 1 aliphatic heterocycles. The molecule has 0 aromatic rings. The maximum Gasteiger partial charge on any atom is 0.330 e. The summed E-state index contributed by atoms with van der Waals surface area (Å²) < 4.78 is 0. The summed E-state index contributed by atoms with van der Waals surface area (Å²) >= 11 is 0. The van der Waals surface area contributed by atoms with Gasteiger partial charge < -0.3 is 5.32 Å². The molecule has 0 aromatic carbocycles. The van der Waals surface area contributed by atoms with Crippen LogP contribution in [0, 0.1) is 11.8 Å². The van der Waals surface area contributed by atoms with Gasteiger partial charge in [0.15, 0.2) is 0 Å². The molecule has 1 atom stereocenters. The number of hydrogen-bond acceptors (Lipinski definition) is 4. The smallest absolute Gasteiger partial charge is 0.330 e. The van der Waals surface area contributed by atoms with E-state index in [1.54, 1.807) is 0 Å². The zero-order chi connectivity index (χ0) is 14.6. The molecule has 7 nitrogen and oxygen atoms in total. The lowest BCUT2D eigenvalue weighted by Crippen LogP contribution is -2.57. The molecule has 0 aliphatic carbocycles. The summed E-state index contributed by atoms with van der Waals surface area (Å²) in [6.45, 7) is 5.89. The molecular weight excluding hydrogens is 250 g/mol. The SMILES string of the molecule is CC(C)CNC(=O)CCN1C(=O)NC(=O)C(C)C1=O. The molecule has 1 aliphatic rings. The van der Waals surface area contributed by atoms with Crippen molar-refractivity contribution in [1.82, 2.24) is 15.5 Å². The van der Waals surface area contributed by atoms with Gasteiger partial charge in [-0.1, -0.05) is 13.8 Å². The average Bonchev–Trinajstić information content (AvgIpc) is 2.33. The van der Waals surface area contributed by atoms with Crippen LogP contribution in [-0.2, 0) is 14.4 Å². The van der Waals surface area contributed by atoms with Crippen LogP contribution in [0.2, 0.25) is 0 Å². The molecule has 1 saturated heterocycles. The van der Waals surface area contributed by atoms with Crippen LogP contribution in [0.4, 0.5) is 4.79 Å². The fourth-order valence-corrected chi connectivity index (χ4v) is 1.56. The van der Waals surface area contributed by atoms with E-state index in [1.165, 1.54) is 6.92 Å². The number of barbiturate groups is 1. The van der Waals surface area contributed by atoms with E-state index in [0.717, 1.165) is 4.90 Å². The van der Waals surface area contributed by atoms with Crippen molar-refractivity contribution in [3.05, 3.63) is 0 Å². The number of imide groups is 2. The zero-order valence-corrected chi connectivity index (χ0v) is 11.4. The van der Waals surface area contributed by atoms with Crippen molar-refractivity contribution in [1.29, 1.82) is 0 Å². The van der Waals surface area contributed by atoms with Gasteiger partial charge in [0.1, 0.15) is 5.92 Å². The molecule has 0 aromatic heterocycles. The van der Waals surface area contributed by atoms with Crippen LogP contribution >= 0.6 is 0 Å². The summed E-state index contributed by atoms with van der Waals surface area (Å²) in [5.74, 6) is -1.95. The molecule has 2 N–H and O–H groups in total. The van der Waals surface area contributed by atoms with Crippen molar-refractivity contribution in [2.75, 3.05) is 13.1 Å². The molecule has 0 spiro atoms. The Morgan fingerprint density at radius 1 is 1.37 bits per heavy atom. The summed E-state index contributed by atoms with van der Waals surface area (Å²) in [6.07, 6.45) is 0.0345. The third-order valence-corrected chi connectivity index (χ3v) is 2.77. The van der Waals surface area contributed by atoms with Crippen molar-refractivity contribution in [3.8, 4) is 0 Å². The number of amides is 5. The predicted molar refractivity (Wildman–Crippen MR) is 66.9 cm³/mol. The number of urea groups is 1. The van der Waals surface area contributed by atoms with Crippen LogP contribution < -0.4 is 10.6 Å². The normalized spacial score (nSPS) is 19.7. The van der Waals surface area contributed by atoms with Gasteiger partial charge in [-0.25, -0.2) is 4.79 Å². The molecule has 1 unspecified atom stereocenters. The predicted octanol–water partition coefficient (Wildman–Crippen LogP) is -0.137. The van der Waals surface area contributed by atoms with Crippen molar-refractivity contribution < 1.29 is 19.2 Å². The second-order valence-corrected chi connectivity index (χ2v) is 4.95. The third kappa shape index (κ3) is 4.04. The highest BCUT2D eigenvalue weighted by Crippen LogP contribution is 2.10. The standard InChI is InChI=1S/C12H19N3O4/c1-7(2)6-13-9(16)4-5-15-11(18)8(3)10(17)14-12(15)19/h7-8H,4-6H2,1-3H3,(H,13,16)(H,14,17,19). The fourth-order valence-electron chi connectivity index (χ4n) is 1.56. The Hall–Kier alpha value is -1.92. The average molecular weight is 269 g/mol. The molecule has 106 valence electrons. The quantitative estimate of drug-likeness (QED) is 0.679. The Morgan fingerprint density at radius 3 is 2.58 bits per heavy atom. The van der Waals surface area contributed by atoms with Crippen LogP contribution in [0.1, 0.15) is 27.2 Å². The van der Waals surface area contributed by atoms with Gasteiger partial charge in [0.2, 0.25) is 17.7 Å².